The smallest absolute Gasteiger partial charge is 0.228 e. The molecule has 1 aromatic heterocycles. The van der Waals surface area contributed by atoms with Crippen LogP contribution in [0, 0.1) is 5.95 Å². The molecule has 0 aliphatic carbocycles. The Morgan fingerprint density at radius 1 is 1.31 bits per heavy atom. The quantitative estimate of drug-likeness (QED) is 0.446. The van der Waals surface area contributed by atoms with E-state index in [2.05, 4.69) is 9.98 Å². The fraction of sp³-hybridized carbons (Fsp3) is 0.500. The number of carbonyl (C=O) groups excluding carboxylic acids is 1. The molecule has 1 aromatic rings. The van der Waals surface area contributed by atoms with Crippen LogP contribution in [0.25, 0.3) is 0 Å². The summed E-state index contributed by atoms with van der Waals surface area (Å²) in [5.41, 5.74) is 1.54. The predicted octanol–water partition coefficient (Wildman–Crippen LogP) is 3.43. The van der Waals surface area contributed by atoms with E-state index in [0.717, 1.165) is 5.56 Å². The van der Waals surface area contributed by atoms with Crippen LogP contribution in [0.2, 0.25) is 0 Å². The Bertz CT molecular complexity index is 435. The normalized spacial score (nSPS) is 10.7. The second kappa shape index (κ2) is 4.99. The molecule has 0 radical (unpaired) electrons. The first-order chi connectivity index (χ1) is 7.49. The molecule has 0 amide bonds. The topological polar surface area (TPSA) is 42.3 Å². The lowest BCUT2D eigenvalue weighted by Crippen LogP contribution is -2.01. The van der Waals surface area contributed by atoms with Crippen LogP contribution in [0.15, 0.2) is 11.2 Å². The molecule has 1 rings (SSSR count). The summed E-state index contributed by atoms with van der Waals surface area (Å²) in [6.07, 6.45) is 2.91. The predicted molar refractivity (Wildman–Crippen MR) is 60.2 cm³/mol. The third-order valence-electron chi connectivity index (χ3n) is 2.42. The number of nitrogens with zero attached hydrogens (tertiary/aromatic N) is 2. The van der Waals surface area contributed by atoms with Crippen molar-refractivity contribution in [2.45, 2.75) is 39.5 Å². The maximum atomic E-state index is 13.6. The van der Waals surface area contributed by atoms with Gasteiger partial charge in [0.1, 0.15) is 0 Å². The standard InChI is InChI=1S/C12H15FN2O/c1-7(2)9-5-14-12(13)10(8(3)4)11(9)15-6-16/h5,7-8H,1-4H3. The minimum absolute atomic E-state index is 0.0710. The Hall–Kier alpha value is -1.54. The number of aliphatic imine (C=N–C) groups is 1. The Labute approximate surface area is 94.4 Å². The summed E-state index contributed by atoms with van der Waals surface area (Å²) in [7, 11) is 0. The van der Waals surface area contributed by atoms with E-state index in [1.165, 1.54) is 12.3 Å². The maximum absolute atomic E-state index is 13.6. The number of isocyanates is 1. The monoisotopic (exact) mass is 222 g/mol. The van der Waals surface area contributed by atoms with E-state index in [1.54, 1.807) is 0 Å². The Balaban J connectivity index is 3.56. The highest BCUT2D eigenvalue weighted by Gasteiger charge is 2.18. The average molecular weight is 222 g/mol. The largest absolute Gasteiger partial charge is 0.240 e. The van der Waals surface area contributed by atoms with Crippen LogP contribution >= 0.6 is 0 Å². The molecule has 0 aliphatic rings. The van der Waals surface area contributed by atoms with E-state index in [-0.39, 0.29) is 11.8 Å². The lowest BCUT2D eigenvalue weighted by atomic mass is 9.95. The van der Waals surface area contributed by atoms with E-state index in [0.29, 0.717) is 11.3 Å². The van der Waals surface area contributed by atoms with Crippen molar-refractivity contribution in [2.75, 3.05) is 0 Å². The first-order valence-corrected chi connectivity index (χ1v) is 5.25. The number of pyridine rings is 1. The first-order valence-electron chi connectivity index (χ1n) is 5.25. The molecular weight excluding hydrogens is 207 g/mol. The molecule has 0 saturated carbocycles. The van der Waals surface area contributed by atoms with Crippen LogP contribution < -0.4 is 0 Å². The zero-order valence-corrected chi connectivity index (χ0v) is 9.91. The van der Waals surface area contributed by atoms with E-state index in [9.17, 15) is 9.18 Å². The van der Waals surface area contributed by atoms with Gasteiger partial charge in [-0.15, -0.1) is 0 Å². The zero-order valence-electron chi connectivity index (χ0n) is 9.91. The number of rotatable bonds is 3. The number of hydrogen-bond acceptors (Lipinski definition) is 3. The van der Waals surface area contributed by atoms with Gasteiger partial charge >= 0.3 is 0 Å². The Morgan fingerprint density at radius 2 is 1.94 bits per heavy atom. The maximum Gasteiger partial charge on any atom is 0.240 e. The van der Waals surface area contributed by atoms with Crippen molar-refractivity contribution in [3.63, 3.8) is 0 Å². The summed E-state index contributed by atoms with van der Waals surface area (Å²) in [4.78, 5) is 17.7. The number of aromatic nitrogens is 1. The minimum atomic E-state index is -0.562. The van der Waals surface area contributed by atoms with Gasteiger partial charge in [0, 0.05) is 17.3 Å². The van der Waals surface area contributed by atoms with Crippen molar-refractivity contribution in [3.05, 3.63) is 23.3 Å². The van der Waals surface area contributed by atoms with Gasteiger partial charge in [-0.3, -0.25) is 0 Å². The SMILES string of the molecule is CC(C)c1cnc(F)c(C(C)C)c1N=C=O. The summed E-state index contributed by atoms with van der Waals surface area (Å²) >= 11 is 0. The van der Waals surface area contributed by atoms with Crippen molar-refractivity contribution in [3.8, 4) is 0 Å². The summed E-state index contributed by atoms with van der Waals surface area (Å²) < 4.78 is 13.6. The van der Waals surface area contributed by atoms with Gasteiger partial charge in [0.25, 0.3) is 0 Å². The molecule has 0 saturated heterocycles. The van der Waals surface area contributed by atoms with Crippen molar-refractivity contribution in [1.29, 1.82) is 0 Å². The highest BCUT2D eigenvalue weighted by molar-refractivity contribution is 5.59. The van der Waals surface area contributed by atoms with Gasteiger partial charge < -0.3 is 0 Å². The van der Waals surface area contributed by atoms with Crippen LogP contribution in [0.4, 0.5) is 10.1 Å². The molecule has 16 heavy (non-hydrogen) atoms. The van der Waals surface area contributed by atoms with Crippen LogP contribution in [0.5, 0.6) is 0 Å². The molecule has 0 fully saturated rings. The fourth-order valence-electron chi connectivity index (χ4n) is 1.61. The van der Waals surface area contributed by atoms with Gasteiger partial charge in [0.05, 0.1) is 5.69 Å². The lowest BCUT2D eigenvalue weighted by Gasteiger charge is -2.14. The molecule has 3 nitrogen and oxygen atoms in total. The van der Waals surface area contributed by atoms with Gasteiger partial charge in [-0.1, -0.05) is 27.7 Å². The van der Waals surface area contributed by atoms with Crippen molar-refractivity contribution < 1.29 is 9.18 Å². The van der Waals surface area contributed by atoms with E-state index >= 15 is 0 Å². The Kier molecular flexibility index (Phi) is 3.91. The van der Waals surface area contributed by atoms with Crippen LogP contribution in [-0.4, -0.2) is 11.1 Å². The molecule has 0 aliphatic heterocycles. The number of hydrogen-bond donors (Lipinski definition) is 0. The first kappa shape index (κ1) is 12.5. The van der Waals surface area contributed by atoms with Gasteiger partial charge in [-0.05, 0) is 11.8 Å². The third kappa shape index (κ3) is 2.34. The Morgan fingerprint density at radius 3 is 2.38 bits per heavy atom. The average Bonchev–Trinajstić information content (AvgIpc) is 2.17. The van der Waals surface area contributed by atoms with Gasteiger partial charge in [0.15, 0.2) is 0 Å². The summed E-state index contributed by atoms with van der Waals surface area (Å²) in [6.45, 7) is 7.58. The van der Waals surface area contributed by atoms with Gasteiger partial charge in [-0.25, -0.2) is 9.78 Å². The van der Waals surface area contributed by atoms with Crippen LogP contribution in [0.1, 0.15) is 50.7 Å². The molecule has 86 valence electrons. The molecule has 0 atom stereocenters. The van der Waals surface area contributed by atoms with E-state index in [1.807, 2.05) is 27.7 Å². The lowest BCUT2D eigenvalue weighted by molar-refractivity contribution is 0.553. The van der Waals surface area contributed by atoms with Gasteiger partial charge in [0.2, 0.25) is 12.0 Å². The summed E-state index contributed by atoms with van der Waals surface area (Å²) in [5.74, 6) is -0.496. The molecule has 1 heterocycles. The minimum Gasteiger partial charge on any atom is -0.228 e. The molecule has 0 spiro atoms. The van der Waals surface area contributed by atoms with E-state index in [4.69, 9.17) is 0 Å². The molecular formula is C12H15FN2O. The molecule has 0 aromatic carbocycles. The second-order valence-corrected chi connectivity index (χ2v) is 4.28. The van der Waals surface area contributed by atoms with Crippen molar-refractivity contribution >= 4 is 11.8 Å². The molecule has 0 N–H and O–H groups in total. The van der Waals surface area contributed by atoms with Crippen LogP contribution in [0.3, 0.4) is 0 Å². The summed E-state index contributed by atoms with van der Waals surface area (Å²) in [6, 6.07) is 0. The number of halogens is 1. The second-order valence-electron chi connectivity index (χ2n) is 4.28. The highest BCUT2D eigenvalue weighted by atomic mass is 19.1. The van der Waals surface area contributed by atoms with E-state index < -0.39 is 5.95 Å². The van der Waals surface area contributed by atoms with Gasteiger partial charge in [-0.2, -0.15) is 9.38 Å². The van der Waals surface area contributed by atoms with Crippen LogP contribution in [-0.2, 0) is 4.79 Å². The molecule has 0 unspecified atom stereocenters. The van der Waals surface area contributed by atoms with Crippen molar-refractivity contribution in [2.24, 2.45) is 4.99 Å². The third-order valence-corrected chi connectivity index (χ3v) is 2.42. The molecule has 0 bridgehead atoms. The van der Waals surface area contributed by atoms with Crippen molar-refractivity contribution in [1.82, 2.24) is 4.98 Å². The molecule has 4 heteroatoms. The summed E-state index contributed by atoms with van der Waals surface area (Å²) in [5, 5.41) is 0. The highest BCUT2D eigenvalue weighted by Crippen LogP contribution is 2.34. The zero-order chi connectivity index (χ0) is 12.3. The fourth-order valence-corrected chi connectivity index (χ4v) is 1.61.